The van der Waals surface area contributed by atoms with Gasteiger partial charge in [-0.2, -0.15) is 0 Å². The van der Waals surface area contributed by atoms with Crippen LogP contribution in [0.4, 0.5) is 11.4 Å². The molecule has 1 N–H and O–H groups in total. The number of nitro groups is 1. The van der Waals surface area contributed by atoms with Gasteiger partial charge < -0.3 is 10.2 Å². The number of amides is 2. The van der Waals surface area contributed by atoms with Crippen molar-refractivity contribution < 1.29 is 22.9 Å². The second-order valence-electron chi connectivity index (χ2n) is 9.21. The predicted octanol–water partition coefficient (Wildman–Crippen LogP) is 4.78. The van der Waals surface area contributed by atoms with Gasteiger partial charge in [0.15, 0.2) is 0 Å². The van der Waals surface area contributed by atoms with E-state index in [1.54, 1.807) is 37.3 Å². The zero-order chi connectivity index (χ0) is 29.4. The lowest BCUT2D eigenvalue weighted by Gasteiger charge is -2.32. The Morgan fingerprint density at radius 3 is 2.27 bits per heavy atom. The average molecular weight is 587 g/mol. The van der Waals surface area contributed by atoms with Crippen molar-refractivity contribution in [2.75, 3.05) is 10.8 Å². The van der Waals surface area contributed by atoms with Crippen LogP contribution in [0.5, 0.6) is 0 Å². The number of benzene rings is 3. The van der Waals surface area contributed by atoms with Gasteiger partial charge in [-0.25, -0.2) is 8.42 Å². The molecule has 0 spiro atoms. The average Bonchev–Trinajstić information content (AvgIpc) is 2.95. The number of nitro benzene ring substituents is 1. The minimum absolute atomic E-state index is 0.0677. The van der Waals surface area contributed by atoms with Crippen LogP contribution in [0.3, 0.4) is 0 Å². The van der Waals surface area contributed by atoms with Gasteiger partial charge in [0.2, 0.25) is 11.8 Å². The Hall–Kier alpha value is -3.96. The van der Waals surface area contributed by atoms with Crippen LogP contribution < -0.4 is 9.62 Å². The summed E-state index contributed by atoms with van der Waals surface area (Å²) >= 11 is 6.36. The summed E-state index contributed by atoms with van der Waals surface area (Å²) in [7, 11) is -4.34. The molecule has 10 nitrogen and oxygen atoms in total. The molecular formula is C28H31ClN4O6S. The van der Waals surface area contributed by atoms with Gasteiger partial charge in [-0.1, -0.05) is 61.0 Å². The summed E-state index contributed by atoms with van der Waals surface area (Å²) in [5.41, 5.74) is 0.154. The fourth-order valence-electron chi connectivity index (χ4n) is 3.87. The van der Waals surface area contributed by atoms with Crippen LogP contribution in [0.1, 0.15) is 32.8 Å². The summed E-state index contributed by atoms with van der Waals surface area (Å²) in [5, 5.41) is 14.7. The van der Waals surface area contributed by atoms with Crippen LogP contribution in [0, 0.1) is 10.1 Å². The minimum Gasteiger partial charge on any atom is -0.352 e. The van der Waals surface area contributed by atoms with Gasteiger partial charge >= 0.3 is 0 Å². The zero-order valence-corrected chi connectivity index (χ0v) is 23.9. The normalized spacial score (nSPS) is 12.7. The third-order valence-corrected chi connectivity index (χ3v) is 8.56. The first-order valence-electron chi connectivity index (χ1n) is 12.6. The largest absolute Gasteiger partial charge is 0.352 e. The number of halogens is 1. The summed E-state index contributed by atoms with van der Waals surface area (Å²) in [6.45, 7) is 4.51. The highest BCUT2D eigenvalue weighted by molar-refractivity contribution is 7.92. The van der Waals surface area contributed by atoms with Crippen molar-refractivity contribution in [3.63, 3.8) is 0 Å². The lowest BCUT2D eigenvalue weighted by molar-refractivity contribution is -0.384. The van der Waals surface area contributed by atoms with E-state index in [1.807, 2.05) is 13.8 Å². The third kappa shape index (κ3) is 7.36. The molecule has 0 fully saturated rings. The quantitative estimate of drug-likeness (QED) is 0.240. The number of carbonyl (C=O) groups excluding carboxylic acids is 2. The molecule has 40 heavy (non-hydrogen) atoms. The molecule has 0 aromatic heterocycles. The van der Waals surface area contributed by atoms with E-state index >= 15 is 0 Å². The molecule has 3 rings (SSSR count). The Kier molecular flexibility index (Phi) is 10.2. The topological polar surface area (TPSA) is 130 Å². The molecule has 0 aliphatic rings. The number of non-ortho nitro benzene ring substituents is 1. The van der Waals surface area contributed by atoms with E-state index in [0.717, 1.165) is 10.4 Å². The van der Waals surface area contributed by atoms with Crippen molar-refractivity contribution in [3.05, 3.63) is 99.6 Å². The van der Waals surface area contributed by atoms with Crippen molar-refractivity contribution in [2.24, 2.45) is 0 Å². The highest BCUT2D eigenvalue weighted by atomic mass is 35.5. The van der Waals surface area contributed by atoms with Crippen LogP contribution in [-0.4, -0.2) is 48.7 Å². The van der Waals surface area contributed by atoms with Gasteiger partial charge in [-0.05, 0) is 50.1 Å². The van der Waals surface area contributed by atoms with Gasteiger partial charge in [0, 0.05) is 29.7 Å². The Morgan fingerprint density at radius 1 is 1.00 bits per heavy atom. The number of hydrogen-bond donors (Lipinski definition) is 1. The number of nitrogens with zero attached hydrogens (tertiary/aromatic N) is 3. The van der Waals surface area contributed by atoms with Gasteiger partial charge in [0.1, 0.15) is 12.6 Å². The molecule has 2 atom stereocenters. The monoisotopic (exact) mass is 586 g/mol. The molecule has 0 radical (unpaired) electrons. The highest BCUT2D eigenvalue weighted by Crippen LogP contribution is 2.28. The number of sulfonamides is 1. The second kappa shape index (κ2) is 13.4. The smallest absolute Gasteiger partial charge is 0.271 e. The molecular weight excluding hydrogens is 556 g/mol. The highest BCUT2D eigenvalue weighted by Gasteiger charge is 2.33. The van der Waals surface area contributed by atoms with E-state index in [-0.39, 0.29) is 28.9 Å². The lowest BCUT2D eigenvalue weighted by Crippen LogP contribution is -2.52. The van der Waals surface area contributed by atoms with Crippen LogP contribution in [0.15, 0.2) is 83.8 Å². The summed E-state index contributed by atoms with van der Waals surface area (Å²) in [6.07, 6.45) is 0.673. The van der Waals surface area contributed by atoms with Crippen molar-refractivity contribution in [3.8, 4) is 0 Å². The van der Waals surface area contributed by atoms with Crippen LogP contribution in [-0.2, 0) is 26.2 Å². The molecule has 2 amide bonds. The van der Waals surface area contributed by atoms with Crippen molar-refractivity contribution in [1.82, 2.24) is 10.2 Å². The Labute approximate surface area is 238 Å². The van der Waals surface area contributed by atoms with E-state index in [4.69, 9.17) is 11.6 Å². The lowest BCUT2D eigenvalue weighted by atomic mass is 10.1. The molecule has 0 saturated heterocycles. The standard InChI is InChI=1S/C28H31ClN4O6S/c1-4-20(2)30-28(35)21(3)31(18-22-11-8-9-16-26(22)29)27(34)19-32(23-12-10-13-24(17-23)33(36)37)40(38,39)25-14-6-5-7-15-25/h5-17,20-21H,4,18-19H2,1-3H3,(H,30,35)/t20-,21-/m0/s1. The molecule has 0 aliphatic carbocycles. The number of hydrogen-bond acceptors (Lipinski definition) is 6. The van der Waals surface area contributed by atoms with Gasteiger partial charge in [0.25, 0.3) is 15.7 Å². The fraction of sp³-hybridized carbons (Fsp3) is 0.286. The summed E-state index contributed by atoms with van der Waals surface area (Å²) in [6, 6.07) is 18.2. The van der Waals surface area contributed by atoms with E-state index in [2.05, 4.69) is 5.32 Å². The van der Waals surface area contributed by atoms with Crippen molar-refractivity contribution in [2.45, 2.75) is 50.7 Å². The van der Waals surface area contributed by atoms with Gasteiger partial charge in [0.05, 0.1) is 15.5 Å². The number of rotatable bonds is 12. The minimum atomic E-state index is -4.34. The number of carbonyl (C=O) groups is 2. The molecule has 0 saturated carbocycles. The Morgan fingerprint density at radius 2 is 1.65 bits per heavy atom. The van der Waals surface area contributed by atoms with Gasteiger partial charge in [-0.3, -0.25) is 24.0 Å². The maximum atomic E-state index is 13.9. The Bertz CT molecular complexity index is 1470. The first-order valence-corrected chi connectivity index (χ1v) is 14.4. The van der Waals surface area contributed by atoms with E-state index < -0.39 is 39.3 Å². The summed E-state index contributed by atoms with van der Waals surface area (Å²) < 4.78 is 28.3. The number of anilines is 1. The Balaban J connectivity index is 2.07. The first-order chi connectivity index (χ1) is 18.9. The van der Waals surface area contributed by atoms with E-state index in [1.165, 1.54) is 47.4 Å². The zero-order valence-electron chi connectivity index (χ0n) is 22.4. The molecule has 0 bridgehead atoms. The third-order valence-electron chi connectivity index (χ3n) is 6.41. The van der Waals surface area contributed by atoms with Crippen LogP contribution >= 0.6 is 11.6 Å². The summed E-state index contributed by atoms with van der Waals surface area (Å²) in [5.74, 6) is -1.11. The molecule has 0 heterocycles. The fourth-order valence-corrected chi connectivity index (χ4v) is 5.49. The van der Waals surface area contributed by atoms with Gasteiger partial charge in [-0.15, -0.1) is 0 Å². The van der Waals surface area contributed by atoms with Crippen LogP contribution in [0.25, 0.3) is 0 Å². The second-order valence-corrected chi connectivity index (χ2v) is 11.5. The maximum absolute atomic E-state index is 13.9. The van der Waals surface area contributed by atoms with E-state index in [0.29, 0.717) is 17.0 Å². The van der Waals surface area contributed by atoms with Crippen LogP contribution in [0.2, 0.25) is 5.02 Å². The summed E-state index contributed by atoms with van der Waals surface area (Å²) in [4.78, 5) is 38.9. The molecule has 3 aromatic carbocycles. The van der Waals surface area contributed by atoms with Crippen molar-refractivity contribution >= 4 is 44.8 Å². The molecule has 0 unspecified atom stereocenters. The van der Waals surface area contributed by atoms with Crippen molar-refractivity contribution in [1.29, 1.82) is 0 Å². The predicted molar refractivity (Wildman–Crippen MR) is 153 cm³/mol. The molecule has 12 heteroatoms. The SMILES string of the molecule is CC[C@H](C)NC(=O)[C@H](C)N(Cc1ccccc1Cl)C(=O)CN(c1cccc([N+](=O)[O-])c1)S(=O)(=O)c1ccccc1. The molecule has 0 aliphatic heterocycles. The molecule has 212 valence electrons. The van der Waals surface area contributed by atoms with E-state index in [9.17, 15) is 28.1 Å². The first kappa shape index (κ1) is 30.6. The number of nitrogens with one attached hydrogen (secondary N) is 1. The molecule has 3 aromatic rings. The maximum Gasteiger partial charge on any atom is 0.271 e.